The first kappa shape index (κ1) is 15.4. The average molecular weight is 326 g/mol. The van der Waals surface area contributed by atoms with E-state index in [0.717, 1.165) is 18.9 Å². The number of nitrogens with zero attached hydrogens (tertiary/aromatic N) is 3. The van der Waals surface area contributed by atoms with Crippen molar-refractivity contribution in [1.82, 2.24) is 20.4 Å². The second-order valence-electron chi connectivity index (χ2n) is 5.26. The molecule has 0 aromatic carbocycles. The van der Waals surface area contributed by atoms with Gasteiger partial charge in [-0.3, -0.25) is 4.79 Å². The van der Waals surface area contributed by atoms with Gasteiger partial charge in [0.1, 0.15) is 17.8 Å². The minimum Gasteiger partial charge on any atom is -0.364 e. The monoisotopic (exact) mass is 326 g/mol. The second-order valence-corrected chi connectivity index (χ2v) is 5.26. The van der Waals surface area contributed by atoms with E-state index in [1.165, 1.54) is 12.3 Å². The van der Waals surface area contributed by atoms with Crippen molar-refractivity contribution in [2.24, 2.45) is 0 Å². The lowest BCUT2D eigenvalue weighted by atomic mass is 10.2. The fourth-order valence-corrected chi connectivity index (χ4v) is 2.07. The maximum atomic E-state index is 12.9. The minimum absolute atomic E-state index is 0.0715. The molecular formula is C14H13F3N4O2. The van der Waals surface area contributed by atoms with E-state index in [4.69, 9.17) is 0 Å². The summed E-state index contributed by atoms with van der Waals surface area (Å²) in [5, 5.41) is 6.00. The van der Waals surface area contributed by atoms with E-state index in [1.807, 2.05) is 0 Å². The van der Waals surface area contributed by atoms with Crippen LogP contribution in [0.5, 0.6) is 0 Å². The molecular weight excluding hydrogens is 313 g/mol. The van der Waals surface area contributed by atoms with Crippen molar-refractivity contribution in [3.05, 3.63) is 41.3 Å². The van der Waals surface area contributed by atoms with Crippen LogP contribution < -0.4 is 5.32 Å². The summed E-state index contributed by atoms with van der Waals surface area (Å²) in [6, 6.07) is 2.40. The van der Waals surface area contributed by atoms with Crippen LogP contribution in [0.15, 0.2) is 22.9 Å². The van der Waals surface area contributed by atoms with Gasteiger partial charge in [-0.05, 0) is 18.9 Å². The average Bonchev–Trinajstić information content (AvgIpc) is 3.20. The Bertz CT molecular complexity index is 697. The van der Waals surface area contributed by atoms with Crippen LogP contribution in [0.2, 0.25) is 0 Å². The van der Waals surface area contributed by atoms with Crippen LogP contribution in [0.4, 0.5) is 13.2 Å². The standard InChI is InChI=1S/C14H13F3N4O2/c15-14(16,17)11-7-10(8-1-2-8)19-12(20-11)3-5-18-13(22)9-4-6-23-21-9/h4,6-8H,1-3,5H2,(H,18,22). The van der Waals surface area contributed by atoms with Gasteiger partial charge in [-0.15, -0.1) is 0 Å². The largest absolute Gasteiger partial charge is 0.433 e. The van der Waals surface area contributed by atoms with Gasteiger partial charge in [0, 0.05) is 30.6 Å². The summed E-state index contributed by atoms with van der Waals surface area (Å²) in [7, 11) is 0. The first-order valence-corrected chi connectivity index (χ1v) is 7.07. The van der Waals surface area contributed by atoms with Gasteiger partial charge in [0.2, 0.25) is 0 Å². The van der Waals surface area contributed by atoms with Crippen LogP contribution in [-0.4, -0.2) is 27.6 Å². The molecule has 0 atom stereocenters. The van der Waals surface area contributed by atoms with Crippen molar-refractivity contribution >= 4 is 5.91 Å². The summed E-state index contributed by atoms with van der Waals surface area (Å²) in [6.07, 6.45) is -1.46. The smallest absolute Gasteiger partial charge is 0.364 e. The van der Waals surface area contributed by atoms with Crippen LogP contribution in [0.25, 0.3) is 0 Å². The van der Waals surface area contributed by atoms with Crippen molar-refractivity contribution in [2.75, 3.05) is 6.54 Å². The Morgan fingerprint density at radius 1 is 1.35 bits per heavy atom. The summed E-state index contributed by atoms with van der Waals surface area (Å²) in [5.41, 5.74) is -0.411. The molecule has 0 saturated heterocycles. The number of rotatable bonds is 5. The number of halogens is 3. The van der Waals surface area contributed by atoms with E-state index in [1.54, 1.807) is 0 Å². The van der Waals surface area contributed by atoms with Gasteiger partial charge in [-0.2, -0.15) is 13.2 Å². The molecule has 1 saturated carbocycles. The van der Waals surface area contributed by atoms with Gasteiger partial charge in [0.25, 0.3) is 5.91 Å². The molecule has 9 heteroatoms. The quantitative estimate of drug-likeness (QED) is 0.912. The molecule has 2 heterocycles. The fourth-order valence-electron chi connectivity index (χ4n) is 2.07. The van der Waals surface area contributed by atoms with E-state index in [9.17, 15) is 18.0 Å². The number of carbonyl (C=O) groups excluding carboxylic acids is 1. The van der Waals surface area contributed by atoms with Crippen molar-refractivity contribution in [3.63, 3.8) is 0 Å². The second kappa shape index (κ2) is 5.98. The lowest BCUT2D eigenvalue weighted by Gasteiger charge is -2.10. The van der Waals surface area contributed by atoms with Crippen molar-refractivity contribution in [1.29, 1.82) is 0 Å². The molecule has 2 aromatic heterocycles. The van der Waals surface area contributed by atoms with Gasteiger partial charge in [-0.1, -0.05) is 5.16 Å². The van der Waals surface area contributed by atoms with Crippen molar-refractivity contribution < 1.29 is 22.5 Å². The van der Waals surface area contributed by atoms with Crippen LogP contribution in [0, 0.1) is 0 Å². The van der Waals surface area contributed by atoms with Gasteiger partial charge < -0.3 is 9.84 Å². The molecule has 0 bridgehead atoms. The Morgan fingerprint density at radius 3 is 2.74 bits per heavy atom. The zero-order valence-corrected chi connectivity index (χ0v) is 11.9. The lowest BCUT2D eigenvalue weighted by Crippen LogP contribution is -2.26. The highest BCUT2D eigenvalue weighted by molar-refractivity contribution is 5.91. The zero-order chi connectivity index (χ0) is 16.4. The summed E-state index contributed by atoms with van der Waals surface area (Å²) in [6.45, 7) is 0.108. The lowest BCUT2D eigenvalue weighted by molar-refractivity contribution is -0.141. The molecule has 23 heavy (non-hydrogen) atoms. The van der Waals surface area contributed by atoms with E-state index in [-0.39, 0.29) is 30.4 Å². The number of carbonyl (C=O) groups is 1. The minimum atomic E-state index is -4.51. The highest BCUT2D eigenvalue weighted by Gasteiger charge is 2.35. The maximum absolute atomic E-state index is 12.9. The zero-order valence-electron chi connectivity index (χ0n) is 11.9. The Balaban J connectivity index is 1.67. The first-order valence-electron chi connectivity index (χ1n) is 7.07. The third kappa shape index (κ3) is 3.85. The Labute approximate surface area is 129 Å². The molecule has 0 spiro atoms. The highest BCUT2D eigenvalue weighted by Crippen LogP contribution is 2.40. The molecule has 6 nitrogen and oxygen atoms in total. The third-order valence-electron chi connectivity index (χ3n) is 3.38. The number of hydrogen-bond donors (Lipinski definition) is 1. The topological polar surface area (TPSA) is 80.9 Å². The number of aromatic nitrogens is 3. The maximum Gasteiger partial charge on any atom is 0.433 e. The molecule has 0 unspecified atom stereocenters. The molecule has 1 aliphatic rings. The molecule has 1 amide bonds. The molecule has 0 aliphatic heterocycles. The third-order valence-corrected chi connectivity index (χ3v) is 3.38. The van der Waals surface area contributed by atoms with Crippen LogP contribution in [0.1, 0.15) is 46.5 Å². The molecule has 1 N–H and O–H groups in total. The Morgan fingerprint density at radius 2 is 2.13 bits per heavy atom. The van der Waals surface area contributed by atoms with Gasteiger partial charge in [0.15, 0.2) is 5.69 Å². The van der Waals surface area contributed by atoms with Crippen LogP contribution in [-0.2, 0) is 12.6 Å². The van der Waals surface area contributed by atoms with E-state index in [0.29, 0.717) is 5.69 Å². The van der Waals surface area contributed by atoms with E-state index < -0.39 is 17.8 Å². The number of amides is 1. The van der Waals surface area contributed by atoms with Gasteiger partial charge in [0.05, 0.1) is 0 Å². The number of alkyl halides is 3. The van der Waals surface area contributed by atoms with E-state index in [2.05, 4.69) is 25.0 Å². The van der Waals surface area contributed by atoms with Gasteiger partial charge in [-0.25, -0.2) is 9.97 Å². The van der Waals surface area contributed by atoms with Crippen LogP contribution >= 0.6 is 0 Å². The fraction of sp³-hybridized carbons (Fsp3) is 0.429. The summed E-state index contributed by atoms with van der Waals surface area (Å²) in [4.78, 5) is 19.4. The predicted octanol–water partition coefficient (Wildman–Crippen LogP) is 2.33. The normalized spacial score (nSPS) is 14.7. The Kier molecular flexibility index (Phi) is 4.01. The molecule has 3 rings (SSSR count). The molecule has 1 aliphatic carbocycles. The summed E-state index contributed by atoms with van der Waals surface area (Å²) in [5.74, 6) is -0.308. The molecule has 2 aromatic rings. The van der Waals surface area contributed by atoms with E-state index >= 15 is 0 Å². The molecule has 1 fully saturated rings. The van der Waals surface area contributed by atoms with Crippen LogP contribution in [0.3, 0.4) is 0 Å². The number of nitrogens with one attached hydrogen (secondary N) is 1. The van der Waals surface area contributed by atoms with Crippen molar-refractivity contribution in [2.45, 2.75) is 31.4 Å². The van der Waals surface area contributed by atoms with Crippen molar-refractivity contribution in [3.8, 4) is 0 Å². The van der Waals surface area contributed by atoms with Gasteiger partial charge >= 0.3 is 6.18 Å². The Hall–Kier alpha value is -2.45. The molecule has 0 radical (unpaired) electrons. The first-order chi connectivity index (χ1) is 10.9. The predicted molar refractivity (Wildman–Crippen MR) is 71.5 cm³/mol. The highest BCUT2D eigenvalue weighted by atomic mass is 19.4. The molecule has 122 valence electrons. The SMILES string of the molecule is O=C(NCCc1nc(C2CC2)cc(C(F)(F)F)n1)c1ccon1. The summed E-state index contributed by atoms with van der Waals surface area (Å²) < 4.78 is 43.2. The number of hydrogen-bond acceptors (Lipinski definition) is 5. The summed E-state index contributed by atoms with van der Waals surface area (Å²) >= 11 is 0.